The first-order valence-electron chi connectivity index (χ1n) is 13.0. The zero-order valence-corrected chi connectivity index (χ0v) is 21.7. The lowest BCUT2D eigenvalue weighted by Gasteiger charge is -2.38. The average Bonchev–Trinajstić information content (AvgIpc) is 3.62. The van der Waals surface area contributed by atoms with Crippen molar-refractivity contribution in [2.45, 2.75) is 65.8 Å². The normalized spacial score (nSPS) is 20.9. The molecule has 1 heterocycles. The van der Waals surface area contributed by atoms with Crippen molar-refractivity contribution in [3.8, 4) is 0 Å². The molecule has 2 atom stereocenters. The van der Waals surface area contributed by atoms with E-state index in [2.05, 4.69) is 80.1 Å². The van der Waals surface area contributed by atoms with Crippen molar-refractivity contribution in [1.29, 1.82) is 0 Å². The molecule has 1 saturated heterocycles. The quantitative estimate of drug-likeness (QED) is 0.540. The molecule has 184 valence electrons. The highest BCUT2D eigenvalue weighted by molar-refractivity contribution is 5.83. The lowest BCUT2D eigenvalue weighted by molar-refractivity contribution is -0.132. The van der Waals surface area contributed by atoms with Gasteiger partial charge in [0.1, 0.15) is 0 Å². The van der Waals surface area contributed by atoms with Crippen LogP contribution in [0.3, 0.4) is 0 Å². The molecular weight excluding hydrogens is 420 g/mol. The van der Waals surface area contributed by atoms with Crippen molar-refractivity contribution in [2.75, 3.05) is 43.8 Å². The lowest BCUT2D eigenvalue weighted by Crippen LogP contribution is -2.49. The van der Waals surface area contributed by atoms with Crippen LogP contribution in [0.15, 0.2) is 30.3 Å². The summed E-state index contributed by atoms with van der Waals surface area (Å²) in [5.41, 5.74) is 14.1. The molecule has 1 aliphatic carbocycles. The van der Waals surface area contributed by atoms with Crippen molar-refractivity contribution < 1.29 is 4.79 Å². The van der Waals surface area contributed by atoms with Gasteiger partial charge in [0.25, 0.3) is 0 Å². The van der Waals surface area contributed by atoms with Gasteiger partial charge >= 0.3 is 0 Å². The van der Waals surface area contributed by atoms with Crippen LogP contribution in [0.4, 0.5) is 11.4 Å². The molecule has 5 nitrogen and oxygen atoms in total. The highest BCUT2D eigenvalue weighted by Gasteiger charge is 2.40. The van der Waals surface area contributed by atoms with Gasteiger partial charge in [-0.2, -0.15) is 0 Å². The summed E-state index contributed by atoms with van der Waals surface area (Å²) < 4.78 is 0. The zero-order chi connectivity index (χ0) is 24.4. The Balaban J connectivity index is 1.28. The maximum absolute atomic E-state index is 13.2. The summed E-state index contributed by atoms with van der Waals surface area (Å²) in [7, 11) is 0. The lowest BCUT2D eigenvalue weighted by atomic mass is 9.96. The molecule has 0 aromatic heterocycles. The van der Waals surface area contributed by atoms with Gasteiger partial charge in [0, 0.05) is 43.6 Å². The number of piperidine rings is 1. The number of nitrogen functional groups attached to an aromatic ring is 1. The number of anilines is 2. The third-order valence-corrected chi connectivity index (χ3v) is 8.40. The van der Waals surface area contributed by atoms with E-state index in [-0.39, 0.29) is 5.91 Å². The van der Waals surface area contributed by atoms with Crippen molar-refractivity contribution >= 4 is 17.3 Å². The minimum Gasteiger partial charge on any atom is -0.398 e. The summed E-state index contributed by atoms with van der Waals surface area (Å²) in [4.78, 5) is 17.9. The third kappa shape index (κ3) is 5.10. The summed E-state index contributed by atoms with van der Waals surface area (Å²) in [5.74, 6) is 1.73. The fraction of sp³-hybridized carbons (Fsp3) is 0.552. The van der Waals surface area contributed by atoms with Crippen LogP contribution in [0, 0.1) is 33.6 Å². The van der Waals surface area contributed by atoms with Crippen LogP contribution in [0.1, 0.15) is 59.9 Å². The van der Waals surface area contributed by atoms with E-state index in [4.69, 9.17) is 5.73 Å². The van der Waals surface area contributed by atoms with Gasteiger partial charge in [-0.05, 0) is 93.5 Å². The second-order valence-corrected chi connectivity index (χ2v) is 10.4. The summed E-state index contributed by atoms with van der Waals surface area (Å²) in [6.45, 7) is 14.9. The van der Waals surface area contributed by atoms with E-state index >= 15 is 0 Å². The molecule has 2 aliphatic rings. The minimum absolute atomic E-state index is 0.193. The summed E-state index contributed by atoms with van der Waals surface area (Å²) in [6.07, 6.45) is 3.46. The second-order valence-electron chi connectivity index (χ2n) is 10.4. The Morgan fingerprint density at radius 2 is 1.65 bits per heavy atom. The molecule has 0 radical (unpaired) electrons. The van der Waals surface area contributed by atoms with Crippen LogP contribution in [0.5, 0.6) is 0 Å². The predicted octanol–water partition coefficient (Wildman–Crippen LogP) is 5.03. The van der Waals surface area contributed by atoms with E-state index in [9.17, 15) is 4.79 Å². The fourth-order valence-corrected chi connectivity index (χ4v) is 5.81. The van der Waals surface area contributed by atoms with Crippen LogP contribution in [0.25, 0.3) is 0 Å². The van der Waals surface area contributed by atoms with Gasteiger partial charge in [-0.15, -0.1) is 0 Å². The molecule has 4 rings (SSSR count). The summed E-state index contributed by atoms with van der Waals surface area (Å²) in [6, 6.07) is 11.3. The van der Waals surface area contributed by atoms with Crippen LogP contribution in [-0.2, 0) is 4.79 Å². The standard InChI is InChI=1S/C29H42N4O/c1-6-33(27(34)17-31-29-21(4)19(2)28(30)20(3)22(29)5)25-12-14-32(15-13-25)18-24-16-26(24)23-10-8-7-9-11-23/h7-11,24-26,31H,6,12-18,30H2,1-5H3. The van der Waals surface area contributed by atoms with Crippen molar-refractivity contribution in [2.24, 2.45) is 5.92 Å². The minimum atomic E-state index is 0.193. The molecule has 2 aromatic rings. The Kier molecular flexibility index (Phi) is 7.51. The van der Waals surface area contributed by atoms with Gasteiger partial charge in [0.15, 0.2) is 0 Å². The van der Waals surface area contributed by atoms with Gasteiger partial charge in [-0.25, -0.2) is 0 Å². The molecule has 5 heteroatoms. The van der Waals surface area contributed by atoms with Crippen LogP contribution < -0.4 is 11.1 Å². The van der Waals surface area contributed by atoms with Crippen molar-refractivity contribution in [1.82, 2.24) is 9.80 Å². The van der Waals surface area contributed by atoms with Gasteiger partial charge in [-0.3, -0.25) is 4.79 Å². The highest BCUT2D eigenvalue weighted by Crippen LogP contribution is 2.47. The van der Waals surface area contributed by atoms with Gasteiger partial charge < -0.3 is 20.9 Å². The molecule has 0 spiro atoms. The Bertz CT molecular complexity index is 982. The van der Waals surface area contributed by atoms with E-state index in [1.165, 1.54) is 18.5 Å². The molecule has 3 N–H and O–H groups in total. The number of carbonyl (C=O) groups excluding carboxylic acids is 1. The molecule has 1 aliphatic heterocycles. The monoisotopic (exact) mass is 462 g/mol. The Morgan fingerprint density at radius 1 is 1.03 bits per heavy atom. The Morgan fingerprint density at radius 3 is 2.24 bits per heavy atom. The van der Waals surface area contributed by atoms with Gasteiger partial charge in [-0.1, -0.05) is 30.3 Å². The molecular formula is C29H42N4O. The molecule has 2 aromatic carbocycles. The highest BCUT2D eigenvalue weighted by atomic mass is 16.2. The van der Waals surface area contributed by atoms with E-state index in [0.29, 0.717) is 12.6 Å². The molecule has 2 unspecified atom stereocenters. The van der Waals surface area contributed by atoms with Crippen LogP contribution >= 0.6 is 0 Å². The molecule has 1 saturated carbocycles. The largest absolute Gasteiger partial charge is 0.398 e. The van der Waals surface area contributed by atoms with Crippen molar-refractivity contribution in [3.63, 3.8) is 0 Å². The number of nitrogens with zero attached hydrogens (tertiary/aromatic N) is 2. The molecule has 2 fully saturated rings. The van der Waals surface area contributed by atoms with Crippen molar-refractivity contribution in [3.05, 3.63) is 58.1 Å². The number of nitrogens with two attached hydrogens (primary N) is 1. The number of nitrogens with one attached hydrogen (secondary N) is 1. The zero-order valence-electron chi connectivity index (χ0n) is 21.7. The topological polar surface area (TPSA) is 61.6 Å². The molecule has 34 heavy (non-hydrogen) atoms. The van der Waals surface area contributed by atoms with E-state index < -0.39 is 0 Å². The van der Waals surface area contributed by atoms with E-state index in [1.807, 2.05) is 0 Å². The fourth-order valence-electron chi connectivity index (χ4n) is 5.81. The number of likely N-dealkylation sites (tertiary alicyclic amines) is 1. The Labute approximate surface area is 205 Å². The second kappa shape index (κ2) is 10.4. The van der Waals surface area contributed by atoms with Crippen LogP contribution in [-0.4, -0.2) is 54.5 Å². The third-order valence-electron chi connectivity index (χ3n) is 8.40. The first kappa shape index (κ1) is 24.6. The van der Waals surface area contributed by atoms with E-state index in [0.717, 1.165) is 77.9 Å². The number of likely N-dealkylation sites (N-methyl/N-ethyl adjacent to an activating group) is 1. The first-order valence-corrected chi connectivity index (χ1v) is 13.0. The van der Waals surface area contributed by atoms with Gasteiger partial charge in [0.2, 0.25) is 5.91 Å². The first-order chi connectivity index (χ1) is 16.3. The maximum atomic E-state index is 13.2. The number of amides is 1. The predicted molar refractivity (Wildman–Crippen MR) is 142 cm³/mol. The number of rotatable bonds is 8. The summed E-state index contributed by atoms with van der Waals surface area (Å²) >= 11 is 0. The van der Waals surface area contributed by atoms with E-state index in [1.54, 1.807) is 0 Å². The number of carbonyl (C=O) groups is 1. The SMILES string of the molecule is CCN(C(=O)CNc1c(C)c(C)c(N)c(C)c1C)C1CCN(CC2CC2c2ccccc2)CC1. The summed E-state index contributed by atoms with van der Waals surface area (Å²) in [5, 5.41) is 3.45. The molecule has 0 bridgehead atoms. The smallest absolute Gasteiger partial charge is 0.242 e. The number of hydrogen-bond acceptors (Lipinski definition) is 4. The average molecular weight is 463 g/mol. The Hall–Kier alpha value is -2.53. The van der Waals surface area contributed by atoms with Gasteiger partial charge in [0.05, 0.1) is 6.54 Å². The number of hydrogen-bond donors (Lipinski definition) is 2. The molecule has 1 amide bonds. The maximum Gasteiger partial charge on any atom is 0.242 e. The number of benzene rings is 2. The van der Waals surface area contributed by atoms with Crippen LogP contribution in [0.2, 0.25) is 0 Å².